The lowest BCUT2D eigenvalue weighted by Gasteiger charge is -2.09. The summed E-state index contributed by atoms with van der Waals surface area (Å²) in [6.45, 7) is 11.1. The monoisotopic (exact) mass is 440 g/mol. The molecule has 0 amide bonds. The number of aryl methyl sites for hydroxylation is 2. The molecule has 0 unspecified atom stereocenters. The van der Waals surface area contributed by atoms with Gasteiger partial charge in [-0.25, -0.2) is 0 Å². The van der Waals surface area contributed by atoms with Crippen LogP contribution in [0.1, 0.15) is 68.2 Å². The molecule has 0 fully saturated rings. The molecule has 1 heteroatoms. The van der Waals surface area contributed by atoms with Crippen molar-refractivity contribution in [3.63, 3.8) is 0 Å². The third kappa shape index (κ3) is 10.4. The minimum atomic E-state index is 0.752. The Balaban J connectivity index is 0.000000479. The summed E-state index contributed by atoms with van der Waals surface area (Å²) in [5.74, 6) is 0.956. The van der Waals surface area contributed by atoms with Gasteiger partial charge in [0, 0.05) is 5.56 Å². The summed E-state index contributed by atoms with van der Waals surface area (Å²) in [5, 5.41) is 0. The van der Waals surface area contributed by atoms with Crippen molar-refractivity contribution in [3.8, 4) is 5.75 Å². The van der Waals surface area contributed by atoms with Crippen LogP contribution in [0.2, 0.25) is 0 Å². The van der Waals surface area contributed by atoms with Crippen LogP contribution in [0, 0.1) is 6.92 Å². The molecule has 0 bridgehead atoms. The predicted molar refractivity (Wildman–Crippen MR) is 146 cm³/mol. The van der Waals surface area contributed by atoms with E-state index in [1.165, 1.54) is 35.1 Å². The standard InChI is InChI=1S/C25H26O.C7H14/c1-21-11-5-6-15-23(21)18-19-24-16-7-8-17-25(24)26-20-10-9-14-22-12-3-2-4-13-22;1-4-6-7(3)5-2/h2-8,11-13,15-19H,9-10,14,20H2,1H3;3-6H2,1-2H3/b19-18+;. The Labute approximate surface area is 201 Å². The van der Waals surface area contributed by atoms with Crippen LogP contribution in [0.4, 0.5) is 0 Å². The molecule has 3 aromatic carbocycles. The van der Waals surface area contributed by atoms with Crippen molar-refractivity contribution >= 4 is 12.2 Å². The second kappa shape index (κ2) is 15.7. The fraction of sp³-hybridized carbons (Fsp3) is 0.312. The van der Waals surface area contributed by atoms with Crippen molar-refractivity contribution in [3.05, 3.63) is 113 Å². The predicted octanol–water partition coefficient (Wildman–Crippen LogP) is 9.32. The molecule has 0 N–H and O–H groups in total. The molecule has 0 radical (unpaired) electrons. The van der Waals surface area contributed by atoms with Crippen molar-refractivity contribution in [2.45, 2.75) is 59.3 Å². The Morgan fingerprint density at radius 2 is 1.42 bits per heavy atom. The highest BCUT2D eigenvalue weighted by Crippen LogP contribution is 2.22. The van der Waals surface area contributed by atoms with E-state index in [9.17, 15) is 0 Å². The fourth-order valence-corrected chi connectivity index (χ4v) is 3.49. The largest absolute Gasteiger partial charge is 0.493 e. The molecule has 0 saturated heterocycles. The lowest BCUT2D eigenvalue weighted by molar-refractivity contribution is 0.306. The van der Waals surface area contributed by atoms with Crippen LogP contribution in [0.3, 0.4) is 0 Å². The average molecular weight is 441 g/mol. The van der Waals surface area contributed by atoms with Crippen molar-refractivity contribution in [1.29, 1.82) is 0 Å². The summed E-state index contributed by atoms with van der Waals surface area (Å²) >= 11 is 0. The van der Waals surface area contributed by atoms with E-state index in [4.69, 9.17) is 4.74 Å². The molecule has 0 atom stereocenters. The maximum Gasteiger partial charge on any atom is 0.126 e. The number of allylic oxidation sites excluding steroid dienone is 1. The molecular weight excluding hydrogens is 400 g/mol. The zero-order chi connectivity index (χ0) is 23.7. The summed E-state index contributed by atoms with van der Waals surface area (Å²) in [6, 6.07) is 27.3. The number of benzene rings is 3. The second-order valence-corrected chi connectivity index (χ2v) is 8.37. The SMILES string of the molecule is C=C(CC)CCC.Cc1ccccc1/C=C/c1ccccc1OCCCCc1ccccc1. The molecule has 0 saturated carbocycles. The van der Waals surface area contributed by atoms with Gasteiger partial charge < -0.3 is 4.74 Å². The van der Waals surface area contributed by atoms with E-state index in [-0.39, 0.29) is 0 Å². The number of ether oxygens (including phenoxy) is 1. The molecule has 1 nitrogen and oxygen atoms in total. The van der Waals surface area contributed by atoms with Crippen LogP contribution < -0.4 is 4.74 Å². The fourth-order valence-electron chi connectivity index (χ4n) is 3.49. The molecule has 33 heavy (non-hydrogen) atoms. The minimum Gasteiger partial charge on any atom is -0.493 e. The zero-order valence-corrected chi connectivity index (χ0v) is 20.7. The summed E-state index contributed by atoms with van der Waals surface area (Å²) < 4.78 is 6.04. The molecule has 0 heterocycles. The Morgan fingerprint density at radius 1 is 0.788 bits per heavy atom. The van der Waals surface area contributed by atoms with E-state index >= 15 is 0 Å². The number of rotatable bonds is 11. The van der Waals surface area contributed by atoms with Gasteiger partial charge in [0.2, 0.25) is 0 Å². The van der Waals surface area contributed by atoms with Gasteiger partial charge in [0.25, 0.3) is 0 Å². The molecule has 174 valence electrons. The Morgan fingerprint density at radius 3 is 2.09 bits per heavy atom. The van der Waals surface area contributed by atoms with Gasteiger partial charge >= 0.3 is 0 Å². The topological polar surface area (TPSA) is 9.23 Å². The highest BCUT2D eigenvalue weighted by Gasteiger charge is 2.01. The van der Waals surface area contributed by atoms with E-state index < -0.39 is 0 Å². The first kappa shape index (κ1) is 26.2. The molecule has 3 rings (SSSR count). The highest BCUT2D eigenvalue weighted by molar-refractivity contribution is 5.73. The first-order valence-corrected chi connectivity index (χ1v) is 12.3. The maximum absolute atomic E-state index is 6.04. The molecule has 0 aliphatic rings. The number of hydrogen-bond donors (Lipinski definition) is 0. The lowest BCUT2D eigenvalue weighted by atomic mass is 10.1. The molecule has 0 aliphatic carbocycles. The van der Waals surface area contributed by atoms with Gasteiger partial charge in [-0.3, -0.25) is 0 Å². The van der Waals surface area contributed by atoms with Crippen molar-refractivity contribution in [2.75, 3.05) is 6.61 Å². The minimum absolute atomic E-state index is 0.752. The molecule has 0 aromatic heterocycles. The van der Waals surface area contributed by atoms with Gasteiger partial charge in [0.15, 0.2) is 0 Å². The molecule has 3 aromatic rings. The Bertz CT molecular complexity index is 969. The summed E-state index contributed by atoms with van der Waals surface area (Å²) in [7, 11) is 0. The lowest BCUT2D eigenvalue weighted by Crippen LogP contribution is -1.99. The van der Waals surface area contributed by atoms with Crippen LogP contribution in [-0.4, -0.2) is 6.61 Å². The van der Waals surface area contributed by atoms with Gasteiger partial charge in [-0.05, 0) is 61.8 Å². The third-order valence-electron chi connectivity index (χ3n) is 5.61. The van der Waals surface area contributed by atoms with E-state index in [0.29, 0.717) is 0 Å². The summed E-state index contributed by atoms with van der Waals surface area (Å²) in [4.78, 5) is 0. The summed E-state index contributed by atoms with van der Waals surface area (Å²) in [6.07, 6.45) is 11.2. The number of para-hydroxylation sites is 1. The van der Waals surface area contributed by atoms with E-state index in [1.807, 2.05) is 6.07 Å². The quantitative estimate of drug-likeness (QED) is 0.164. The van der Waals surface area contributed by atoms with Crippen molar-refractivity contribution < 1.29 is 4.74 Å². The van der Waals surface area contributed by atoms with Crippen LogP contribution >= 0.6 is 0 Å². The van der Waals surface area contributed by atoms with Gasteiger partial charge in [-0.1, -0.05) is 117 Å². The number of hydrogen-bond acceptors (Lipinski definition) is 1. The molecular formula is C32H40O. The van der Waals surface area contributed by atoms with E-state index in [1.54, 1.807) is 0 Å². The van der Waals surface area contributed by atoms with Gasteiger partial charge in [-0.15, -0.1) is 0 Å². The van der Waals surface area contributed by atoms with Crippen LogP contribution in [0.5, 0.6) is 5.75 Å². The van der Waals surface area contributed by atoms with Crippen LogP contribution in [0.25, 0.3) is 12.2 Å². The first-order valence-electron chi connectivity index (χ1n) is 12.3. The highest BCUT2D eigenvalue weighted by atomic mass is 16.5. The van der Waals surface area contributed by atoms with Crippen molar-refractivity contribution in [2.24, 2.45) is 0 Å². The molecule has 0 spiro atoms. The average Bonchev–Trinajstić information content (AvgIpc) is 2.85. The zero-order valence-electron chi connectivity index (χ0n) is 20.7. The van der Waals surface area contributed by atoms with Gasteiger partial charge in [0.1, 0.15) is 5.75 Å². The maximum atomic E-state index is 6.04. The Kier molecular flexibility index (Phi) is 12.5. The van der Waals surface area contributed by atoms with E-state index in [2.05, 4.69) is 112 Å². The van der Waals surface area contributed by atoms with Crippen molar-refractivity contribution in [1.82, 2.24) is 0 Å². The molecule has 0 aliphatic heterocycles. The van der Waals surface area contributed by atoms with Crippen LogP contribution in [-0.2, 0) is 6.42 Å². The number of unbranched alkanes of at least 4 members (excludes halogenated alkanes) is 1. The van der Waals surface area contributed by atoms with Crippen LogP contribution in [0.15, 0.2) is 91.0 Å². The Hall–Kier alpha value is -3.06. The normalized spacial score (nSPS) is 10.5. The smallest absolute Gasteiger partial charge is 0.126 e. The van der Waals surface area contributed by atoms with Gasteiger partial charge in [-0.2, -0.15) is 0 Å². The van der Waals surface area contributed by atoms with E-state index in [0.717, 1.165) is 43.6 Å². The second-order valence-electron chi connectivity index (χ2n) is 8.37. The third-order valence-corrected chi connectivity index (χ3v) is 5.61. The first-order chi connectivity index (χ1) is 16.1. The van der Waals surface area contributed by atoms with Gasteiger partial charge in [0.05, 0.1) is 6.61 Å². The summed E-state index contributed by atoms with van der Waals surface area (Å²) in [5.41, 5.74) is 6.42.